The molecule has 4 N–H and O–H groups in total. The van der Waals surface area contributed by atoms with Gasteiger partial charge < -0.3 is 10.4 Å². The van der Waals surface area contributed by atoms with Gasteiger partial charge in [-0.25, -0.2) is 8.42 Å². The first-order valence-electron chi connectivity index (χ1n) is 9.55. The molecule has 1 fully saturated rings. The Bertz CT molecular complexity index is 905. The lowest BCUT2D eigenvalue weighted by molar-refractivity contribution is -0.0453. The molecule has 164 valence electrons. The number of sulfonamides is 1. The van der Waals surface area contributed by atoms with Gasteiger partial charge in [0.2, 0.25) is 0 Å². The topological polar surface area (TPSA) is 90.5 Å². The molecule has 1 aliphatic heterocycles. The zero-order valence-corrected chi connectivity index (χ0v) is 16.8. The molecule has 2 aromatic rings. The van der Waals surface area contributed by atoms with Crippen molar-refractivity contribution in [3.63, 3.8) is 0 Å². The Kier molecular flexibility index (Phi) is 7.14. The lowest BCUT2D eigenvalue weighted by Crippen LogP contribution is -2.50. The summed E-state index contributed by atoms with van der Waals surface area (Å²) in [4.78, 5) is 0. The Hall–Kier alpha value is -1.98. The Morgan fingerprint density at radius 3 is 1.97 bits per heavy atom. The number of alkyl halides is 3. The van der Waals surface area contributed by atoms with Crippen molar-refractivity contribution >= 4 is 10.0 Å². The van der Waals surface area contributed by atoms with E-state index in [1.54, 1.807) is 65.4 Å². The number of hydrogen-bond donors (Lipinski definition) is 4. The lowest BCUT2D eigenvalue weighted by atomic mass is 9.93. The summed E-state index contributed by atoms with van der Waals surface area (Å²) in [5, 5.41) is 16.7. The van der Waals surface area contributed by atoms with Crippen LogP contribution in [0.3, 0.4) is 0 Å². The van der Waals surface area contributed by atoms with Crippen molar-refractivity contribution in [3.8, 4) is 0 Å². The maximum absolute atomic E-state index is 13.2. The van der Waals surface area contributed by atoms with Gasteiger partial charge in [-0.15, -0.1) is 0 Å². The van der Waals surface area contributed by atoms with Crippen LogP contribution in [0.2, 0.25) is 0 Å². The van der Waals surface area contributed by atoms with E-state index >= 15 is 0 Å². The molecule has 10 heteroatoms. The van der Waals surface area contributed by atoms with E-state index in [0.29, 0.717) is 17.5 Å². The van der Waals surface area contributed by atoms with Gasteiger partial charge in [0.25, 0.3) is 0 Å². The van der Waals surface area contributed by atoms with Gasteiger partial charge >= 0.3 is 15.5 Å². The van der Waals surface area contributed by atoms with Crippen LogP contribution >= 0.6 is 0 Å². The largest absolute Gasteiger partial charge is 0.511 e. The fraction of sp³-hybridized carbons (Fsp3) is 0.400. The third-order valence-electron chi connectivity index (χ3n) is 5.07. The van der Waals surface area contributed by atoms with E-state index in [1.165, 1.54) is 0 Å². The normalized spacial score (nSPS) is 20.6. The van der Waals surface area contributed by atoms with Crippen LogP contribution in [-0.2, 0) is 10.0 Å². The van der Waals surface area contributed by atoms with E-state index in [2.05, 4.69) is 10.6 Å². The van der Waals surface area contributed by atoms with Gasteiger partial charge in [0.15, 0.2) is 0 Å². The molecular formula is C20H24F3N3O3S. The monoisotopic (exact) mass is 443 g/mol. The molecule has 0 aromatic heterocycles. The Labute approximate surface area is 173 Å². The third-order valence-corrected chi connectivity index (χ3v) is 6.24. The predicted molar refractivity (Wildman–Crippen MR) is 107 cm³/mol. The van der Waals surface area contributed by atoms with Crippen LogP contribution in [0.5, 0.6) is 0 Å². The second-order valence-electron chi connectivity index (χ2n) is 7.16. The summed E-state index contributed by atoms with van der Waals surface area (Å²) in [7, 11) is -5.64. The van der Waals surface area contributed by atoms with Gasteiger partial charge in [-0.2, -0.15) is 17.9 Å². The molecule has 3 rings (SSSR count). The smallest absolute Gasteiger partial charge is 0.377 e. The second-order valence-corrected chi connectivity index (χ2v) is 8.86. The van der Waals surface area contributed by atoms with E-state index < -0.39 is 33.8 Å². The second kappa shape index (κ2) is 9.44. The fourth-order valence-corrected chi connectivity index (χ4v) is 4.29. The first kappa shape index (κ1) is 22.7. The molecule has 1 saturated heterocycles. The van der Waals surface area contributed by atoms with E-state index in [9.17, 15) is 26.7 Å². The van der Waals surface area contributed by atoms with Gasteiger partial charge in [0, 0.05) is 6.04 Å². The Morgan fingerprint density at radius 1 is 0.967 bits per heavy atom. The molecule has 0 aliphatic carbocycles. The molecule has 6 nitrogen and oxygen atoms in total. The molecule has 1 aliphatic rings. The van der Waals surface area contributed by atoms with Gasteiger partial charge in [-0.05, 0) is 30.5 Å². The van der Waals surface area contributed by atoms with Crippen LogP contribution in [-0.4, -0.2) is 37.8 Å². The summed E-state index contributed by atoms with van der Waals surface area (Å²) in [5.74, 6) is 0. The average Bonchev–Trinajstić information content (AvgIpc) is 3.26. The van der Waals surface area contributed by atoms with Gasteiger partial charge in [0.1, 0.15) is 6.23 Å². The molecule has 4 atom stereocenters. The zero-order chi connectivity index (χ0) is 21.8. The molecule has 1 heterocycles. The van der Waals surface area contributed by atoms with Gasteiger partial charge in [-0.3, -0.25) is 5.32 Å². The highest BCUT2D eigenvalue weighted by Crippen LogP contribution is 2.33. The van der Waals surface area contributed by atoms with Crippen LogP contribution in [0.15, 0.2) is 60.7 Å². The first-order chi connectivity index (χ1) is 14.2. The highest BCUT2D eigenvalue weighted by molar-refractivity contribution is 7.90. The van der Waals surface area contributed by atoms with Gasteiger partial charge in [0.05, 0.1) is 12.1 Å². The van der Waals surface area contributed by atoms with Crippen LogP contribution in [0.25, 0.3) is 0 Å². The standard InChI is InChI=1S/C20H24F3N3O3S/c21-20(22,23)30(28,29)26-18(15-10-5-2-6-11-15)17(14-8-3-1-4-9-14)25-19(27)16-12-7-13-24-16/h1-6,8-11,16-19,24-27H,7,12-13H2/t16-,17-,18-,19?/m0/s1. The van der Waals surface area contributed by atoms with Crippen molar-refractivity contribution in [2.75, 3.05) is 6.54 Å². The molecule has 0 bridgehead atoms. The molecule has 0 spiro atoms. The van der Waals surface area contributed by atoms with Crippen LogP contribution in [0.4, 0.5) is 13.2 Å². The van der Waals surface area contributed by atoms with Crippen molar-refractivity contribution in [2.45, 2.75) is 42.7 Å². The number of rotatable bonds is 8. The van der Waals surface area contributed by atoms with E-state index in [4.69, 9.17) is 0 Å². The number of nitrogens with one attached hydrogen (secondary N) is 3. The average molecular weight is 443 g/mol. The van der Waals surface area contributed by atoms with Crippen molar-refractivity contribution < 1.29 is 26.7 Å². The summed E-state index contributed by atoms with van der Waals surface area (Å²) in [6, 6.07) is 13.9. The molecule has 1 unspecified atom stereocenters. The highest BCUT2D eigenvalue weighted by Gasteiger charge is 2.48. The fourth-order valence-electron chi connectivity index (χ4n) is 3.55. The zero-order valence-electron chi connectivity index (χ0n) is 16.0. The summed E-state index contributed by atoms with van der Waals surface area (Å²) >= 11 is 0. The Balaban J connectivity index is 2.01. The quantitative estimate of drug-likeness (QED) is 0.471. The summed E-state index contributed by atoms with van der Waals surface area (Å²) in [6.45, 7) is 0.724. The minimum Gasteiger partial charge on any atom is -0.377 e. The molecular weight excluding hydrogens is 419 g/mol. The van der Waals surface area contributed by atoms with E-state index in [0.717, 1.165) is 13.0 Å². The minimum absolute atomic E-state index is 0.285. The Morgan fingerprint density at radius 2 is 1.50 bits per heavy atom. The van der Waals surface area contributed by atoms with Gasteiger partial charge in [-0.1, -0.05) is 60.7 Å². The first-order valence-corrected chi connectivity index (χ1v) is 11.0. The summed E-state index contributed by atoms with van der Waals surface area (Å²) in [6.07, 6.45) is 0.474. The molecule has 2 aromatic carbocycles. The van der Waals surface area contributed by atoms with Crippen LogP contribution in [0.1, 0.15) is 36.1 Å². The molecule has 0 saturated carbocycles. The number of aliphatic hydroxyl groups is 1. The maximum Gasteiger partial charge on any atom is 0.511 e. The summed E-state index contributed by atoms with van der Waals surface area (Å²) in [5.41, 5.74) is -4.60. The number of aliphatic hydroxyl groups excluding tert-OH is 1. The SMILES string of the molecule is O=S(=O)(N[C@@H](c1ccccc1)[C@@H](NC(O)[C@@H]1CCCN1)c1ccccc1)C(F)(F)F. The molecule has 0 amide bonds. The van der Waals surface area contributed by atoms with Crippen molar-refractivity contribution in [1.82, 2.24) is 15.4 Å². The molecule has 0 radical (unpaired) electrons. The highest BCUT2D eigenvalue weighted by atomic mass is 32.2. The summed E-state index contributed by atoms with van der Waals surface area (Å²) < 4.78 is 65.2. The number of hydrogen-bond acceptors (Lipinski definition) is 5. The van der Waals surface area contributed by atoms with E-state index in [1.807, 2.05) is 0 Å². The number of halogens is 3. The minimum atomic E-state index is -5.64. The number of benzene rings is 2. The molecule has 30 heavy (non-hydrogen) atoms. The third kappa shape index (κ3) is 5.38. The van der Waals surface area contributed by atoms with Crippen molar-refractivity contribution in [2.24, 2.45) is 0 Å². The van der Waals surface area contributed by atoms with Crippen LogP contribution in [0, 0.1) is 0 Å². The van der Waals surface area contributed by atoms with Crippen molar-refractivity contribution in [1.29, 1.82) is 0 Å². The van der Waals surface area contributed by atoms with E-state index in [-0.39, 0.29) is 6.04 Å². The van der Waals surface area contributed by atoms with Crippen LogP contribution < -0.4 is 15.4 Å². The van der Waals surface area contributed by atoms with Crippen molar-refractivity contribution in [3.05, 3.63) is 71.8 Å². The predicted octanol–water partition coefficient (Wildman–Crippen LogP) is 2.57. The maximum atomic E-state index is 13.2. The lowest BCUT2D eigenvalue weighted by Gasteiger charge is -2.33.